The van der Waals surface area contributed by atoms with Gasteiger partial charge in [-0.25, -0.2) is 4.39 Å². The Morgan fingerprint density at radius 1 is 1.14 bits per heavy atom. The van der Waals surface area contributed by atoms with Crippen LogP contribution < -0.4 is 4.74 Å². The zero-order chi connectivity index (χ0) is 20.3. The molecular weight excluding hydrogens is 369 g/mol. The minimum atomic E-state index is -0.325. The van der Waals surface area contributed by atoms with E-state index in [1.54, 1.807) is 12.3 Å². The van der Waals surface area contributed by atoms with E-state index < -0.39 is 0 Å². The van der Waals surface area contributed by atoms with Crippen LogP contribution in [0.15, 0.2) is 42.7 Å². The summed E-state index contributed by atoms with van der Waals surface area (Å²) in [4.78, 5) is 21.1. The van der Waals surface area contributed by atoms with E-state index in [9.17, 15) is 9.18 Å². The highest BCUT2D eigenvalue weighted by Gasteiger charge is 2.40. The number of carbonyl (C=O) groups excluding carboxylic acids is 1. The number of rotatable bonds is 5. The van der Waals surface area contributed by atoms with E-state index in [4.69, 9.17) is 4.74 Å². The summed E-state index contributed by atoms with van der Waals surface area (Å²) in [5, 5.41) is 0. The number of hydrogen-bond acceptors (Lipinski definition) is 4. The van der Waals surface area contributed by atoms with Crippen molar-refractivity contribution in [3.63, 3.8) is 0 Å². The van der Waals surface area contributed by atoms with Crippen LogP contribution in [0.1, 0.15) is 36.8 Å². The number of hydrogen-bond donors (Lipinski definition) is 0. The highest BCUT2D eigenvalue weighted by molar-refractivity contribution is 5.77. The molecular formula is C23H28FN3O2. The Morgan fingerprint density at radius 3 is 2.69 bits per heavy atom. The lowest BCUT2D eigenvalue weighted by Crippen LogP contribution is -2.51. The van der Waals surface area contributed by atoms with Crippen molar-refractivity contribution >= 4 is 5.91 Å². The molecule has 2 fully saturated rings. The summed E-state index contributed by atoms with van der Waals surface area (Å²) in [7, 11) is 1.49. The molecule has 1 aromatic heterocycles. The first-order chi connectivity index (χ1) is 14.1. The zero-order valence-electron chi connectivity index (χ0n) is 16.9. The number of aromatic nitrogens is 1. The van der Waals surface area contributed by atoms with Crippen molar-refractivity contribution in [2.45, 2.75) is 38.8 Å². The molecule has 4 rings (SSSR count). The average molecular weight is 397 g/mol. The maximum atomic E-state index is 13.6. The van der Waals surface area contributed by atoms with E-state index in [2.05, 4.69) is 9.88 Å². The number of pyridine rings is 1. The molecule has 0 unspecified atom stereocenters. The third-order valence-electron chi connectivity index (χ3n) is 6.38. The molecule has 29 heavy (non-hydrogen) atoms. The number of nitrogens with zero attached hydrogens (tertiary/aromatic N) is 3. The van der Waals surface area contributed by atoms with Gasteiger partial charge in [0.15, 0.2) is 11.6 Å². The van der Waals surface area contributed by atoms with Gasteiger partial charge in [0.25, 0.3) is 0 Å². The number of likely N-dealkylation sites (tertiary alicyclic amines) is 2. The molecule has 0 saturated carbocycles. The minimum absolute atomic E-state index is 0.215. The molecule has 2 aliphatic rings. The van der Waals surface area contributed by atoms with Gasteiger partial charge in [-0.3, -0.25) is 14.7 Å². The van der Waals surface area contributed by atoms with E-state index in [-0.39, 0.29) is 17.1 Å². The van der Waals surface area contributed by atoms with Gasteiger partial charge in [0.05, 0.1) is 7.11 Å². The summed E-state index contributed by atoms with van der Waals surface area (Å²) in [5.41, 5.74) is 2.37. The van der Waals surface area contributed by atoms with Gasteiger partial charge in [0.2, 0.25) is 5.91 Å². The van der Waals surface area contributed by atoms with Crippen LogP contribution in [0, 0.1) is 11.2 Å². The monoisotopic (exact) mass is 397 g/mol. The van der Waals surface area contributed by atoms with Gasteiger partial charge in [0, 0.05) is 38.4 Å². The Balaban J connectivity index is 1.36. The molecule has 5 nitrogen and oxygen atoms in total. The fraction of sp³-hybridized carbons (Fsp3) is 0.478. The summed E-state index contributed by atoms with van der Waals surface area (Å²) in [6.45, 7) is 4.26. The van der Waals surface area contributed by atoms with Gasteiger partial charge in [-0.15, -0.1) is 0 Å². The predicted molar refractivity (Wildman–Crippen MR) is 109 cm³/mol. The molecule has 0 bridgehead atoms. The zero-order valence-corrected chi connectivity index (χ0v) is 16.9. The number of amides is 1. The predicted octanol–water partition coefficient (Wildman–Crippen LogP) is 3.63. The lowest BCUT2D eigenvalue weighted by atomic mass is 9.72. The van der Waals surface area contributed by atoms with Crippen LogP contribution in [0.4, 0.5) is 4.39 Å². The Hall–Kier alpha value is -2.47. The SMILES string of the molecule is COc1cc(CN2CCC3(CCC(=O)N(Cc4cccnc4)C3)CC2)ccc1F. The van der Waals surface area contributed by atoms with Gasteiger partial charge in [-0.05, 0) is 67.1 Å². The van der Waals surface area contributed by atoms with E-state index in [0.717, 1.165) is 56.6 Å². The van der Waals surface area contributed by atoms with E-state index in [1.165, 1.54) is 13.2 Å². The highest BCUT2D eigenvalue weighted by atomic mass is 19.1. The number of methoxy groups -OCH3 is 1. The van der Waals surface area contributed by atoms with Gasteiger partial charge < -0.3 is 9.64 Å². The first-order valence-corrected chi connectivity index (χ1v) is 10.3. The Bertz CT molecular complexity index is 850. The van der Waals surface area contributed by atoms with Gasteiger partial charge in [-0.1, -0.05) is 12.1 Å². The maximum absolute atomic E-state index is 13.6. The van der Waals surface area contributed by atoms with Gasteiger partial charge in [0.1, 0.15) is 0 Å². The molecule has 2 saturated heterocycles. The Morgan fingerprint density at radius 2 is 1.97 bits per heavy atom. The van der Waals surface area contributed by atoms with Crippen molar-refractivity contribution in [2.24, 2.45) is 5.41 Å². The van der Waals surface area contributed by atoms with Crippen molar-refractivity contribution in [1.29, 1.82) is 0 Å². The van der Waals surface area contributed by atoms with Crippen molar-refractivity contribution < 1.29 is 13.9 Å². The van der Waals surface area contributed by atoms with Crippen LogP contribution in [0.3, 0.4) is 0 Å². The second kappa shape index (κ2) is 8.49. The molecule has 154 valence electrons. The fourth-order valence-electron chi connectivity index (χ4n) is 4.61. The molecule has 0 aliphatic carbocycles. The number of ether oxygens (including phenoxy) is 1. The lowest BCUT2D eigenvalue weighted by Gasteiger charge is -2.47. The molecule has 3 heterocycles. The van der Waals surface area contributed by atoms with Crippen LogP contribution >= 0.6 is 0 Å². The average Bonchev–Trinajstić information content (AvgIpc) is 2.75. The molecule has 0 atom stereocenters. The van der Waals surface area contributed by atoms with Gasteiger partial charge >= 0.3 is 0 Å². The summed E-state index contributed by atoms with van der Waals surface area (Å²) in [5.74, 6) is 0.225. The molecule has 1 spiro atoms. The lowest BCUT2D eigenvalue weighted by molar-refractivity contribution is -0.140. The number of benzene rings is 1. The third-order valence-corrected chi connectivity index (χ3v) is 6.38. The molecule has 0 N–H and O–H groups in total. The number of halogens is 1. The molecule has 2 aliphatic heterocycles. The van der Waals surface area contributed by atoms with E-state index >= 15 is 0 Å². The fourth-order valence-corrected chi connectivity index (χ4v) is 4.61. The van der Waals surface area contributed by atoms with E-state index in [1.807, 2.05) is 29.3 Å². The largest absolute Gasteiger partial charge is 0.494 e. The van der Waals surface area contributed by atoms with Crippen molar-refractivity contribution in [3.05, 3.63) is 59.7 Å². The first kappa shape index (κ1) is 19.8. The molecule has 6 heteroatoms. The van der Waals surface area contributed by atoms with Crippen LogP contribution in [-0.4, -0.2) is 47.4 Å². The Kier molecular flexibility index (Phi) is 5.81. The topological polar surface area (TPSA) is 45.7 Å². The first-order valence-electron chi connectivity index (χ1n) is 10.3. The summed E-state index contributed by atoms with van der Waals surface area (Å²) < 4.78 is 18.7. The summed E-state index contributed by atoms with van der Waals surface area (Å²) >= 11 is 0. The third kappa shape index (κ3) is 4.58. The van der Waals surface area contributed by atoms with Crippen molar-refractivity contribution in [2.75, 3.05) is 26.7 Å². The van der Waals surface area contributed by atoms with Crippen LogP contribution in [0.2, 0.25) is 0 Å². The van der Waals surface area contributed by atoms with E-state index in [0.29, 0.717) is 18.7 Å². The number of piperidine rings is 2. The van der Waals surface area contributed by atoms with Crippen LogP contribution in [0.5, 0.6) is 5.75 Å². The van der Waals surface area contributed by atoms with Crippen molar-refractivity contribution in [1.82, 2.24) is 14.8 Å². The Labute approximate surface area is 171 Å². The molecule has 2 aromatic rings. The molecule has 1 amide bonds. The molecule has 1 aromatic carbocycles. The quantitative estimate of drug-likeness (QED) is 0.773. The minimum Gasteiger partial charge on any atom is -0.494 e. The summed E-state index contributed by atoms with van der Waals surface area (Å²) in [6.07, 6.45) is 7.39. The van der Waals surface area contributed by atoms with Gasteiger partial charge in [-0.2, -0.15) is 0 Å². The highest BCUT2D eigenvalue weighted by Crippen LogP contribution is 2.41. The standard InChI is InChI=1S/C23H28FN3O2/c1-29-21-13-18(4-5-20(21)24)15-26-11-8-23(9-12-26)7-6-22(28)27(17-23)16-19-3-2-10-25-14-19/h2-5,10,13-14H,6-9,11-12,15-17H2,1H3. The normalized spacial score (nSPS) is 19.5. The second-order valence-corrected chi connectivity index (χ2v) is 8.36. The number of carbonyl (C=O) groups is 1. The van der Waals surface area contributed by atoms with Crippen molar-refractivity contribution in [3.8, 4) is 5.75 Å². The summed E-state index contributed by atoms with van der Waals surface area (Å²) in [6, 6.07) is 9.04. The van der Waals surface area contributed by atoms with Crippen LogP contribution in [-0.2, 0) is 17.9 Å². The van der Waals surface area contributed by atoms with Crippen LogP contribution in [0.25, 0.3) is 0 Å². The smallest absolute Gasteiger partial charge is 0.222 e. The maximum Gasteiger partial charge on any atom is 0.222 e. The second-order valence-electron chi connectivity index (χ2n) is 8.36. The molecule has 0 radical (unpaired) electrons.